The normalized spacial score (nSPS) is 13.2. The number of esters is 2. The Morgan fingerprint density at radius 1 is 0.632 bits per heavy atom. The molecule has 2 aromatic rings. The van der Waals surface area contributed by atoms with Gasteiger partial charge in [0.1, 0.15) is 35.9 Å². The Bertz CT molecular complexity index is 3040. The lowest BCUT2D eigenvalue weighted by molar-refractivity contribution is -0.161. The van der Waals surface area contributed by atoms with Crippen molar-refractivity contribution in [3.05, 3.63) is 84.3 Å². The van der Waals surface area contributed by atoms with Crippen molar-refractivity contribution in [2.24, 2.45) is 0 Å². The van der Waals surface area contributed by atoms with Crippen LogP contribution in [0.1, 0.15) is 221 Å². The van der Waals surface area contributed by atoms with Crippen molar-refractivity contribution in [2.45, 2.75) is 237 Å². The van der Waals surface area contributed by atoms with Gasteiger partial charge in [0.05, 0.1) is 23.7 Å². The molecule has 1 aliphatic carbocycles. The molecule has 16 nitrogen and oxygen atoms in total. The van der Waals surface area contributed by atoms with E-state index in [1.807, 2.05) is 64.1 Å². The number of benzene rings is 3. The zero-order valence-electron chi connectivity index (χ0n) is 53.6. The van der Waals surface area contributed by atoms with Crippen molar-refractivity contribution in [3.63, 3.8) is 0 Å². The molecule has 3 N–H and O–H groups in total. The maximum atomic E-state index is 13.9. The van der Waals surface area contributed by atoms with Gasteiger partial charge in [0.2, 0.25) is 15.4 Å². The molecule has 1 aliphatic heterocycles. The minimum atomic E-state index is -5.09. The van der Waals surface area contributed by atoms with Gasteiger partial charge in [0.25, 0.3) is 10.1 Å². The van der Waals surface area contributed by atoms with Crippen molar-refractivity contribution < 1.29 is 58.9 Å². The van der Waals surface area contributed by atoms with E-state index in [4.69, 9.17) is 18.4 Å². The van der Waals surface area contributed by atoms with Crippen LogP contribution < -0.4 is 19.6 Å². The highest BCUT2D eigenvalue weighted by atomic mass is 32.2. The lowest BCUT2D eigenvalue weighted by Crippen LogP contribution is -2.30. The number of nitrogens with one attached hydrogen (secondary N) is 1. The second kappa shape index (κ2) is 41.6. The van der Waals surface area contributed by atoms with Crippen LogP contribution in [0, 0.1) is 0 Å². The van der Waals surface area contributed by atoms with Crippen LogP contribution in [0.5, 0.6) is 0 Å². The second-order valence-corrected chi connectivity index (χ2v) is 28.0. The Labute approximate surface area is 522 Å². The van der Waals surface area contributed by atoms with E-state index in [1.165, 1.54) is 89.2 Å². The highest BCUT2D eigenvalue weighted by Crippen LogP contribution is 2.44. The van der Waals surface area contributed by atoms with E-state index in [9.17, 15) is 40.4 Å². The molecule has 4 rings (SSSR count). The summed E-state index contributed by atoms with van der Waals surface area (Å²) in [5, 5.41) is 1.40. The average Bonchev–Trinajstić information content (AvgIpc) is 0.771. The maximum absolute atomic E-state index is 13.9. The third kappa shape index (κ3) is 27.9. The van der Waals surface area contributed by atoms with Crippen LogP contribution in [0.2, 0.25) is 0 Å². The number of carbonyl (C=O) groups excluding carboxylic acids is 2. The summed E-state index contributed by atoms with van der Waals surface area (Å²) in [6.07, 6.45) is 36.3. The molecular formula is C68H107N3O13PS2+. The molecule has 0 radical (unpaired) electrons. The number of hydrogen-bond acceptors (Lipinski definition) is 12. The first-order valence-electron chi connectivity index (χ1n) is 33.0. The first kappa shape index (κ1) is 74.8. The smallest absolute Gasteiger partial charge is 0.329 e. The fraction of sp³-hybridized carbons (Fsp3) is 0.632. The summed E-state index contributed by atoms with van der Waals surface area (Å²) < 4.78 is 106. The number of anilines is 1. The number of hydrogen-bond donors (Lipinski definition) is 3. The fourth-order valence-electron chi connectivity index (χ4n) is 10.8. The molecule has 2 aliphatic rings. The number of nitrogens with zero attached hydrogens (tertiary/aromatic N) is 2. The van der Waals surface area contributed by atoms with Crippen molar-refractivity contribution in [1.82, 2.24) is 9.30 Å². The summed E-state index contributed by atoms with van der Waals surface area (Å²) in [6.45, 7) is 13.9. The summed E-state index contributed by atoms with van der Waals surface area (Å²) in [4.78, 5) is 37.9. The molecule has 0 fully saturated rings. The fourth-order valence-corrected chi connectivity index (χ4v) is 13.7. The Hall–Kier alpha value is -4.68. The molecule has 1 unspecified atom stereocenters. The number of unbranched alkanes of at least 4 members (excludes halogenated alkanes) is 22. The van der Waals surface area contributed by atoms with E-state index >= 15 is 0 Å². The Morgan fingerprint density at radius 3 is 1.68 bits per heavy atom. The summed E-state index contributed by atoms with van der Waals surface area (Å²) in [5.41, 5.74) is 2.26. The van der Waals surface area contributed by atoms with Gasteiger partial charge in [-0.1, -0.05) is 147 Å². The standard InChI is InChI=1S/C68H106N3O13PS2/c1-7-13-15-17-19-21-23-25-27-29-31-33-35-37-39-41-66(72)81-54-58(83-67(73)42-40-38-36-34-32-30-28-26-24-22-20-18-16-14-8-2)55-82-85(74,75)50-49-69-86(76,77)59-45-48-62(65(53-59)87(78,79)80)68-60-46-43-56(70(9-3)10-4)51-63(60)84-64-52-57(44-47-61(64)68)71(11-5)12-6/h25-28,43-48,51-53,58,69H,7-24,29-42,49-50,54-55H2,1-6H3,(H-,74,75,78,79,80)/p+1/b27-25-,28-26-/t58-/m1/s1. The van der Waals surface area contributed by atoms with E-state index < -0.39 is 81.5 Å². The SMILES string of the molecule is CCCCCCCC/C=C\CCCCCCCC(=O)OC[C@H](COP(=O)(O)CCNS(=O)(=O)c1ccc(-c2c3ccc(=[N+](CC)CC)cc-3oc3cc(N(CC)CC)ccc23)c(S(=O)(=O)O)c1)OC(=O)CCCCCCC/C=C\CCCCCCCC. The van der Waals surface area contributed by atoms with E-state index in [2.05, 4.69) is 52.3 Å². The van der Waals surface area contributed by atoms with Crippen LogP contribution in [-0.4, -0.2) is 96.4 Å². The van der Waals surface area contributed by atoms with Gasteiger partial charge >= 0.3 is 19.5 Å². The Balaban J connectivity index is 1.39. The minimum Gasteiger partial charge on any atom is -0.462 e. The summed E-state index contributed by atoms with van der Waals surface area (Å²) in [5.74, 6) is -0.618. The molecular weight excluding hydrogens is 1160 g/mol. The van der Waals surface area contributed by atoms with Gasteiger partial charge in [0.15, 0.2) is 6.10 Å². The van der Waals surface area contributed by atoms with Crippen LogP contribution in [0.3, 0.4) is 0 Å². The summed E-state index contributed by atoms with van der Waals surface area (Å²) in [6, 6.07) is 14.5. The van der Waals surface area contributed by atoms with Crippen LogP contribution >= 0.6 is 7.60 Å². The van der Waals surface area contributed by atoms with Gasteiger partial charge in [-0.15, -0.1) is 0 Å². The number of carbonyl (C=O) groups is 2. The maximum Gasteiger partial charge on any atom is 0.329 e. The molecule has 488 valence electrons. The zero-order chi connectivity index (χ0) is 63.3. The number of ether oxygens (including phenoxy) is 2. The first-order valence-corrected chi connectivity index (χ1v) is 37.7. The lowest BCUT2D eigenvalue weighted by atomic mass is 9.93. The van der Waals surface area contributed by atoms with Crippen LogP contribution in [0.15, 0.2) is 93.1 Å². The number of fused-ring (bicyclic) bond motifs is 2. The van der Waals surface area contributed by atoms with Gasteiger partial charge in [-0.05, 0) is 122 Å². The van der Waals surface area contributed by atoms with Crippen molar-refractivity contribution in [1.29, 1.82) is 0 Å². The topological polar surface area (TPSA) is 219 Å². The van der Waals surface area contributed by atoms with Crippen LogP contribution in [0.25, 0.3) is 33.4 Å². The number of allylic oxidation sites excluding steroid dienone is 4. The molecule has 0 saturated carbocycles. The second-order valence-electron chi connectivity index (χ2n) is 22.8. The number of sulfonamides is 1. The molecule has 1 heterocycles. The van der Waals surface area contributed by atoms with Crippen molar-refractivity contribution in [3.8, 4) is 22.5 Å². The van der Waals surface area contributed by atoms with Crippen molar-refractivity contribution >= 4 is 56.3 Å². The third-order valence-corrected chi connectivity index (χ3v) is 19.6. The number of rotatable bonds is 48. The van der Waals surface area contributed by atoms with Gasteiger partial charge in [-0.2, -0.15) is 8.42 Å². The predicted octanol–water partition coefficient (Wildman–Crippen LogP) is 16.1. The third-order valence-electron chi connectivity index (χ3n) is 15.9. The molecule has 2 aromatic carbocycles. The van der Waals surface area contributed by atoms with Gasteiger partial charge in [-0.3, -0.25) is 18.7 Å². The first-order chi connectivity index (χ1) is 41.9. The molecule has 19 heteroatoms. The van der Waals surface area contributed by atoms with Gasteiger partial charge < -0.3 is 28.2 Å². The molecule has 0 aromatic heterocycles. The van der Waals surface area contributed by atoms with Gasteiger partial charge in [-0.25, -0.2) is 17.7 Å². The van der Waals surface area contributed by atoms with Crippen LogP contribution in [0.4, 0.5) is 5.69 Å². The molecule has 0 spiro atoms. The quantitative estimate of drug-likeness (QED) is 0.00713. The lowest BCUT2D eigenvalue weighted by Gasteiger charge is -2.22. The summed E-state index contributed by atoms with van der Waals surface area (Å²) >= 11 is 0. The van der Waals surface area contributed by atoms with Crippen molar-refractivity contribution in [2.75, 3.05) is 57.0 Å². The van der Waals surface area contributed by atoms with E-state index in [1.54, 1.807) is 0 Å². The Kier molecular flexibility index (Phi) is 35.7. The average molecular weight is 1270 g/mol. The molecule has 0 saturated heterocycles. The minimum absolute atomic E-state index is 0.0263. The highest BCUT2D eigenvalue weighted by Gasteiger charge is 2.29. The summed E-state index contributed by atoms with van der Waals surface area (Å²) in [7, 11) is -14.3. The molecule has 0 bridgehead atoms. The zero-order valence-corrected chi connectivity index (χ0v) is 56.1. The molecule has 0 amide bonds. The predicted molar refractivity (Wildman–Crippen MR) is 354 cm³/mol. The largest absolute Gasteiger partial charge is 0.462 e. The molecule has 2 atom stereocenters. The van der Waals surface area contributed by atoms with E-state index in [0.717, 1.165) is 120 Å². The monoisotopic (exact) mass is 1270 g/mol. The van der Waals surface area contributed by atoms with E-state index in [0.29, 0.717) is 40.7 Å². The van der Waals surface area contributed by atoms with Gasteiger partial charge in [0, 0.05) is 72.4 Å². The van der Waals surface area contributed by atoms with Crippen LogP contribution in [-0.2, 0) is 48.3 Å². The Morgan fingerprint density at radius 2 is 1.15 bits per heavy atom. The highest BCUT2D eigenvalue weighted by molar-refractivity contribution is 7.89. The van der Waals surface area contributed by atoms with E-state index in [-0.39, 0.29) is 18.4 Å². The molecule has 87 heavy (non-hydrogen) atoms.